The molecule has 1 aromatic heterocycles. The minimum absolute atomic E-state index is 0.321. The van der Waals surface area contributed by atoms with E-state index in [-0.39, 0.29) is 12.2 Å². The fourth-order valence-electron chi connectivity index (χ4n) is 1.79. The lowest BCUT2D eigenvalue weighted by molar-refractivity contribution is -0.139. The Morgan fingerprint density at radius 3 is 2.58 bits per heavy atom. The van der Waals surface area contributed by atoms with Gasteiger partial charge in [-0.25, -0.2) is 0 Å². The summed E-state index contributed by atoms with van der Waals surface area (Å²) in [5.74, 6) is -0.540. The van der Waals surface area contributed by atoms with E-state index >= 15 is 0 Å². The molecule has 0 spiro atoms. The first-order valence-corrected chi connectivity index (χ1v) is 5.75. The highest BCUT2D eigenvalue weighted by Gasteiger charge is 2.23. The molecule has 1 aromatic carbocycles. The largest absolute Gasteiger partial charge is 0.469 e. The van der Waals surface area contributed by atoms with Crippen LogP contribution in [0.3, 0.4) is 0 Å². The maximum absolute atomic E-state index is 12.1. The second-order valence-corrected chi connectivity index (χ2v) is 4.00. The quantitative estimate of drug-likeness (QED) is 0.479. The van der Waals surface area contributed by atoms with Gasteiger partial charge >= 0.3 is 5.97 Å². The summed E-state index contributed by atoms with van der Waals surface area (Å²) in [7, 11) is 1.24. The van der Waals surface area contributed by atoms with E-state index in [4.69, 9.17) is 4.52 Å². The van der Waals surface area contributed by atoms with Crippen LogP contribution in [0.1, 0.15) is 22.5 Å². The molecule has 0 radical (unpaired) electrons. The van der Waals surface area contributed by atoms with Crippen molar-refractivity contribution in [2.45, 2.75) is 13.3 Å². The number of aryl methyl sites for hydroxylation is 1. The van der Waals surface area contributed by atoms with Crippen molar-refractivity contribution in [3.05, 3.63) is 41.7 Å². The maximum Gasteiger partial charge on any atom is 0.313 e. The van der Waals surface area contributed by atoms with E-state index in [0.29, 0.717) is 17.0 Å². The van der Waals surface area contributed by atoms with Crippen LogP contribution in [-0.2, 0) is 9.53 Å². The molecule has 19 heavy (non-hydrogen) atoms. The number of carbonyl (C=O) groups excluding carboxylic acids is 2. The average Bonchev–Trinajstić information content (AvgIpc) is 2.81. The van der Waals surface area contributed by atoms with Crippen molar-refractivity contribution in [3.8, 4) is 11.3 Å². The van der Waals surface area contributed by atoms with Gasteiger partial charge in [0, 0.05) is 5.56 Å². The molecule has 5 heteroatoms. The van der Waals surface area contributed by atoms with Crippen LogP contribution in [0.5, 0.6) is 0 Å². The first kappa shape index (κ1) is 13.0. The Morgan fingerprint density at radius 1 is 1.26 bits per heavy atom. The first-order chi connectivity index (χ1) is 9.13. The van der Waals surface area contributed by atoms with Gasteiger partial charge in [-0.2, -0.15) is 0 Å². The highest BCUT2D eigenvalue weighted by molar-refractivity contribution is 6.09. The molecule has 0 atom stereocenters. The van der Waals surface area contributed by atoms with Gasteiger partial charge in [0.15, 0.2) is 5.78 Å². The molecule has 0 aliphatic heterocycles. The van der Waals surface area contributed by atoms with Crippen LogP contribution < -0.4 is 0 Å². The van der Waals surface area contributed by atoms with E-state index in [1.807, 2.05) is 30.3 Å². The van der Waals surface area contributed by atoms with Crippen molar-refractivity contribution in [1.82, 2.24) is 5.16 Å². The topological polar surface area (TPSA) is 69.4 Å². The number of hydrogen-bond acceptors (Lipinski definition) is 5. The van der Waals surface area contributed by atoms with Crippen LogP contribution in [0, 0.1) is 6.92 Å². The third-order valence-electron chi connectivity index (χ3n) is 2.72. The predicted molar refractivity (Wildman–Crippen MR) is 67.6 cm³/mol. The summed E-state index contributed by atoms with van der Waals surface area (Å²) in [6.07, 6.45) is -0.321. The van der Waals surface area contributed by atoms with Crippen LogP contribution in [0.2, 0.25) is 0 Å². The zero-order valence-corrected chi connectivity index (χ0v) is 10.7. The summed E-state index contributed by atoms with van der Waals surface area (Å²) in [4.78, 5) is 23.3. The van der Waals surface area contributed by atoms with Crippen LogP contribution in [-0.4, -0.2) is 24.0 Å². The van der Waals surface area contributed by atoms with Gasteiger partial charge in [-0.3, -0.25) is 9.59 Å². The van der Waals surface area contributed by atoms with Crippen molar-refractivity contribution in [2.75, 3.05) is 7.11 Å². The Bertz CT molecular complexity index is 601. The molecule has 0 N–H and O–H groups in total. The van der Waals surface area contributed by atoms with E-state index in [1.54, 1.807) is 6.92 Å². The van der Waals surface area contributed by atoms with Gasteiger partial charge in [0.1, 0.15) is 17.9 Å². The number of methoxy groups -OCH3 is 1. The molecule has 0 fully saturated rings. The van der Waals surface area contributed by atoms with Crippen molar-refractivity contribution in [1.29, 1.82) is 0 Å². The number of Topliss-reactive ketones (excluding diaryl/α,β-unsaturated/α-hetero) is 1. The minimum atomic E-state index is -0.579. The smallest absolute Gasteiger partial charge is 0.313 e. The van der Waals surface area contributed by atoms with E-state index in [9.17, 15) is 9.59 Å². The number of aromatic nitrogens is 1. The molecule has 0 bridgehead atoms. The zero-order chi connectivity index (χ0) is 13.8. The minimum Gasteiger partial charge on any atom is -0.469 e. The fraction of sp³-hybridized carbons (Fsp3) is 0.214. The molecule has 0 amide bonds. The molecule has 0 aliphatic rings. The molecular weight excluding hydrogens is 246 g/mol. The lowest BCUT2D eigenvalue weighted by Gasteiger charge is -2.01. The van der Waals surface area contributed by atoms with E-state index in [1.165, 1.54) is 7.11 Å². The number of nitrogens with zero attached hydrogens (tertiary/aromatic N) is 1. The molecule has 5 nitrogen and oxygen atoms in total. The molecule has 0 aliphatic carbocycles. The summed E-state index contributed by atoms with van der Waals surface area (Å²) >= 11 is 0. The summed E-state index contributed by atoms with van der Waals surface area (Å²) < 4.78 is 9.56. The number of hydrogen-bond donors (Lipinski definition) is 0. The lowest BCUT2D eigenvalue weighted by Crippen LogP contribution is -2.10. The Morgan fingerprint density at radius 2 is 1.95 bits per heavy atom. The third kappa shape index (κ3) is 2.70. The zero-order valence-electron chi connectivity index (χ0n) is 10.7. The fourth-order valence-corrected chi connectivity index (χ4v) is 1.79. The highest BCUT2D eigenvalue weighted by atomic mass is 16.5. The van der Waals surface area contributed by atoms with Gasteiger partial charge in [-0.1, -0.05) is 35.5 Å². The Balaban J connectivity index is 2.38. The first-order valence-electron chi connectivity index (χ1n) is 5.75. The Kier molecular flexibility index (Phi) is 3.75. The molecule has 0 saturated heterocycles. The normalized spacial score (nSPS) is 10.2. The van der Waals surface area contributed by atoms with Crippen molar-refractivity contribution < 1.29 is 18.8 Å². The van der Waals surface area contributed by atoms with Crippen LogP contribution in [0.15, 0.2) is 34.9 Å². The number of esters is 1. The van der Waals surface area contributed by atoms with Crippen molar-refractivity contribution >= 4 is 11.8 Å². The molecule has 2 rings (SSSR count). The monoisotopic (exact) mass is 259 g/mol. The summed E-state index contributed by atoms with van der Waals surface area (Å²) in [5, 5.41) is 3.89. The van der Waals surface area contributed by atoms with E-state index in [2.05, 4.69) is 9.89 Å². The molecule has 0 unspecified atom stereocenters. The van der Waals surface area contributed by atoms with Gasteiger partial charge in [0.2, 0.25) is 0 Å². The van der Waals surface area contributed by atoms with Crippen LogP contribution >= 0.6 is 0 Å². The van der Waals surface area contributed by atoms with Gasteiger partial charge in [-0.15, -0.1) is 0 Å². The maximum atomic E-state index is 12.1. The average molecular weight is 259 g/mol. The third-order valence-corrected chi connectivity index (χ3v) is 2.72. The highest BCUT2D eigenvalue weighted by Crippen LogP contribution is 2.26. The van der Waals surface area contributed by atoms with Gasteiger partial charge in [0.25, 0.3) is 0 Å². The number of ketones is 1. The Labute approximate surface area is 110 Å². The number of ether oxygens (including phenoxy) is 1. The van der Waals surface area contributed by atoms with Crippen LogP contribution in [0.4, 0.5) is 0 Å². The number of carbonyl (C=O) groups is 2. The van der Waals surface area contributed by atoms with Gasteiger partial charge < -0.3 is 9.26 Å². The van der Waals surface area contributed by atoms with Crippen LogP contribution in [0.25, 0.3) is 11.3 Å². The molecule has 2 aromatic rings. The summed E-state index contributed by atoms with van der Waals surface area (Å²) in [5.41, 5.74) is 1.55. The molecular formula is C14H13NO4. The predicted octanol–water partition coefficient (Wildman–Crippen LogP) is 2.40. The van der Waals surface area contributed by atoms with Crippen molar-refractivity contribution in [3.63, 3.8) is 0 Å². The molecule has 0 saturated carbocycles. The SMILES string of the molecule is COC(=O)CC(=O)c1c(-c2ccccc2)noc1C. The second-order valence-electron chi connectivity index (χ2n) is 4.00. The molecule has 98 valence electrons. The number of rotatable bonds is 4. The molecule has 1 heterocycles. The van der Waals surface area contributed by atoms with E-state index < -0.39 is 5.97 Å². The summed E-state index contributed by atoms with van der Waals surface area (Å²) in [6.45, 7) is 1.64. The standard InChI is InChI=1S/C14H13NO4/c1-9-13(11(16)8-12(17)18-2)14(15-19-9)10-6-4-3-5-7-10/h3-7H,8H2,1-2H3. The number of benzene rings is 1. The lowest BCUT2D eigenvalue weighted by atomic mass is 10.0. The van der Waals surface area contributed by atoms with E-state index in [0.717, 1.165) is 5.56 Å². The van der Waals surface area contributed by atoms with Gasteiger partial charge in [-0.05, 0) is 6.92 Å². The van der Waals surface area contributed by atoms with Crippen molar-refractivity contribution in [2.24, 2.45) is 0 Å². The second kappa shape index (κ2) is 5.48. The Hall–Kier alpha value is -2.43. The summed E-state index contributed by atoms with van der Waals surface area (Å²) in [6, 6.07) is 9.20. The van der Waals surface area contributed by atoms with Gasteiger partial charge in [0.05, 0.1) is 12.7 Å².